The molecule has 4 heteroatoms. The number of aromatic nitrogens is 2. The number of halogens is 1. The molecule has 0 atom stereocenters. The first-order chi connectivity index (χ1) is 7.29. The van der Waals surface area contributed by atoms with Gasteiger partial charge in [-0.1, -0.05) is 12.1 Å². The second-order valence-electron chi connectivity index (χ2n) is 2.91. The van der Waals surface area contributed by atoms with Gasteiger partial charge in [0.15, 0.2) is 0 Å². The lowest BCUT2D eigenvalue weighted by Crippen LogP contribution is -1.88. The number of rotatable bonds is 1. The molecule has 2 rings (SSSR count). The van der Waals surface area contributed by atoms with Crippen LogP contribution in [0.25, 0.3) is 11.1 Å². The zero-order chi connectivity index (χ0) is 10.7. The van der Waals surface area contributed by atoms with E-state index in [0.717, 1.165) is 11.1 Å². The van der Waals surface area contributed by atoms with E-state index < -0.39 is 0 Å². The number of hydrogen-bond acceptors (Lipinski definition) is 3. The van der Waals surface area contributed by atoms with Gasteiger partial charge in [-0.25, -0.2) is 14.4 Å². The molecular weight excluding hydrogens is 193 g/mol. The summed E-state index contributed by atoms with van der Waals surface area (Å²) in [5.74, 6) is -0.158. The van der Waals surface area contributed by atoms with Gasteiger partial charge in [0.1, 0.15) is 11.9 Å². The Morgan fingerprint density at radius 3 is 2.13 bits per heavy atom. The summed E-state index contributed by atoms with van der Waals surface area (Å²) in [6, 6.07) is 7.85. The lowest BCUT2D eigenvalue weighted by Gasteiger charge is -1.99. The van der Waals surface area contributed by atoms with E-state index >= 15 is 0 Å². The molecule has 2 aromatic rings. The molecule has 1 heterocycles. The van der Waals surface area contributed by atoms with Gasteiger partial charge in [-0.15, -0.1) is 0 Å². The Balaban J connectivity index is 2.38. The molecule has 1 aromatic carbocycles. The number of nitriles is 1. The van der Waals surface area contributed by atoms with Crippen LogP contribution in [0.15, 0.2) is 36.7 Å². The number of hydrogen-bond donors (Lipinski definition) is 0. The molecule has 0 aliphatic rings. The third-order valence-corrected chi connectivity index (χ3v) is 1.93. The fourth-order valence-corrected chi connectivity index (χ4v) is 1.18. The van der Waals surface area contributed by atoms with Gasteiger partial charge < -0.3 is 0 Å². The Labute approximate surface area is 85.9 Å². The number of benzene rings is 1. The van der Waals surface area contributed by atoms with Crippen LogP contribution in [0, 0.1) is 17.1 Å². The van der Waals surface area contributed by atoms with E-state index in [9.17, 15) is 4.39 Å². The van der Waals surface area contributed by atoms with Gasteiger partial charge in [0.05, 0.1) is 0 Å². The molecule has 15 heavy (non-hydrogen) atoms. The highest BCUT2D eigenvalue weighted by Gasteiger charge is 1.99. The Bertz CT molecular complexity index is 497. The molecule has 0 amide bonds. The Hall–Kier alpha value is -2.28. The summed E-state index contributed by atoms with van der Waals surface area (Å²) in [7, 11) is 0. The summed E-state index contributed by atoms with van der Waals surface area (Å²) in [5.41, 5.74) is 1.58. The van der Waals surface area contributed by atoms with Crippen molar-refractivity contribution >= 4 is 0 Å². The quantitative estimate of drug-likeness (QED) is 0.707. The summed E-state index contributed by atoms with van der Waals surface area (Å²) in [6.45, 7) is 0. The summed E-state index contributed by atoms with van der Waals surface area (Å²) >= 11 is 0. The van der Waals surface area contributed by atoms with E-state index in [-0.39, 0.29) is 11.6 Å². The molecule has 0 N–H and O–H groups in total. The third kappa shape index (κ3) is 1.97. The largest absolute Gasteiger partial charge is 0.232 e. The van der Waals surface area contributed by atoms with E-state index in [1.54, 1.807) is 24.5 Å². The van der Waals surface area contributed by atoms with E-state index in [1.165, 1.54) is 12.1 Å². The second kappa shape index (κ2) is 3.84. The fourth-order valence-electron chi connectivity index (χ4n) is 1.18. The monoisotopic (exact) mass is 199 g/mol. The SMILES string of the molecule is N#Cc1ncc(-c2ccc(F)cc2)cn1. The Kier molecular flexibility index (Phi) is 2.38. The molecule has 1 aromatic heterocycles. The molecule has 0 spiro atoms. The van der Waals surface area contributed by atoms with Crippen molar-refractivity contribution < 1.29 is 4.39 Å². The van der Waals surface area contributed by atoms with Crippen LogP contribution in [-0.4, -0.2) is 9.97 Å². The van der Waals surface area contributed by atoms with Crippen LogP contribution in [0.5, 0.6) is 0 Å². The maximum absolute atomic E-state index is 12.6. The van der Waals surface area contributed by atoms with Gasteiger partial charge in [-0.05, 0) is 17.7 Å². The minimum Gasteiger partial charge on any atom is -0.227 e. The first kappa shape index (κ1) is 9.28. The minimum absolute atomic E-state index is 0.126. The zero-order valence-corrected chi connectivity index (χ0v) is 7.68. The zero-order valence-electron chi connectivity index (χ0n) is 7.68. The van der Waals surface area contributed by atoms with Gasteiger partial charge in [-0.2, -0.15) is 5.26 Å². The molecule has 0 aliphatic carbocycles. The van der Waals surface area contributed by atoms with Crippen molar-refractivity contribution in [2.75, 3.05) is 0 Å². The molecule has 0 radical (unpaired) electrons. The average molecular weight is 199 g/mol. The fraction of sp³-hybridized carbons (Fsp3) is 0. The smallest absolute Gasteiger partial charge is 0.227 e. The van der Waals surface area contributed by atoms with Crippen molar-refractivity contribution in [1.29, 1.82) is 5.26 Å². The summed E-state index contributed by atoms with van der Waals surface area (Å²) < 4.78 is 12.6. The predicted molar refractivity (Wildman–Crippen MR) is 52.1 cm³/mol. The average Bonchev–Trinajstić information content (AvgIpc) is 2.30. The first-order valence-electron chi connectivity index (χ1n) is 4.27. The van der Waals surface area contributed by atoms with Crippen LogP contribution < -0.4 is 0 Å². The van der Waals surface area contributed by atoms with Crippen molar-refractivity contribution in [2.45, 2.75) is 0 Å². The molecule has 0 fully saturated rings. The van der Waals surface area contributed by atoms with Crippen LogP contribution in [-0.2, 0) is 0 Å². The maximum Gasteiger partial charge on any atom is 0.232 e. The summed E-state index contributed by atoms with van der Waals surface area (Å²) in [6.07, 6.45) is 3.08. The summed E-state index contributed by atoms with van der Waals surface area (Å²) in [5, 5.41) is 8.51. The van der Waals surface area contributed by atoms with Crippen LogP contribution in [0.1, 0.15) is 5.82 Å². The van der Waals surface area contributed by atoms with Crippen molar-refractivity contribution in [3.63, 3.8) is 0 Å². The van der Waals surface area contributed by atoms with Gasteiger partial charge in [0.25, 0.3) is 0 Å². The maximum atomic E-state index is 12.6. The molecular formula is C11H6FN3. The van der Waals surface area contributed by atoms with E-state index in [2.05, 4.69) is 9.97 Å². The molecule has 3 nitrogen and oxygen atoms in total. The molecule has 72 valence electrons. The van der Waals surface area contributed by atoms with Crippen LogP contribution >= 0.6 is 0 Å². The van der Waals surface area contributed by atoms with Crippen LogP contribution in [0.3, 0.4) is 0 Å². The van der Waals surface area contributed by atoms with E-state index in [0.29, 0.717) is 0 Å². The Morgan fingerprint density at radius 1 is 1.00 bits per heavy atom. The van der Waals surface area contributed by atoms with Crippen molar-refractivity contribution in [1.82, 2.24) is 9.97 Å². The normalized spacial score (nSPS) is 9.60. The van der Waals surface area contributed by atoms with Gasteiger partial charge in [-0.3, -0.25) is 0 Å². The van der Waals surface area contributed by atoms with E-state index in [4.69, 9.17) is 5.26 Å². The first-order valence-corrected chi connectivity index (χ1v) is 4.27. The van der Waals surface area contributed by atoms with Crippen molar-refractivity contribution in [3.05, 3.63) is 48.3 Å². The molecule has 0 saturated heterocycles. The van der Waals surface area contributed by atoms with Crippen LogP contribution in [0.2, 0.25) is 0 Å². The lowest BCUT2D eigenvalue weighted by atomic mass is 10.1. The predicted octanol–water partition coefficient (Wildman–Crippen LogP) is 2.15. The van der Waals surface area contributed by atoms with Crippen molar-refractivity contribution in [2.24, 2.45) is 0 Å². The summed E-state index contributed by atoms with van der Waals surface area (Å²) in [4.78, 5) is 7.66. The van der Waals surface area contributed by atoms with Gasteiger partial charge in [0.2, 0.25) is 5.82 Å². The number of nitrogens with zero attached hydrogens (tertiary/aromatic N) is 3. The van der Waals surface area contributed by atoms with Crippen molar-refractivity contribution in [3.8, 4) is 17.2 Å². The lowest BCUT2D eigenvalue weighted by molar-refractivity contribution is 0.628. The molecule has 0 saturated carbocycles. The molecule has 0 unspecified atom stereocenters. The highest BCUT2D eigenvalue weighted by atomic mass is 19.1. The van der Waals surface area contributed by atoms with Gasteiger partial charge >= 0.3 is 0 Å². The Morgan fingerprint density at radius 2 is 1.60 bits per heavy atom. The van der Waals surface area contributed by atoms with Crippen LogP contribution in [0.4, 0.5) is 4.39 Å². The topological polar surface area (TPSA) is 49.6 Å². The third-order valence-electron chi connectivity index (χ3n) is 1.93. The van der Waals surface area contributed by atoms with E-state index in [1.807, 2.05) is 6.07 Å². The highest BCUT2D eigenvalue weighted by Crippen LogP contribution is 2.17. The molecule has 0 aliphatic heterocycles. The van der Waals surface area contributed by atoms with Gasteiger partial charge in [0, 0.05) is 18.0 Å². The highest BCUT2D eigenvalue weighted by molar-refractivity contribution is 5.61. The standard InChI is InChI=1S/C11H6FN3/c12-10-3-1-8(2-4-10)9-6-14-11(5-13)15-7-9/h1-4,6-7H. The second-order valence-corrected chi connectivity index (χ2v) is 2.91. The molecule has 0 bridgehead atoms. The minimum atomic E-state index is -0.284.